The average Bonchev–Trinajstić information content (AvgIpc) is 2.24. The van der Waals surface area contributed by atoms with Crippen LogP contribution in [0, 0.1) is 0 Å². The smallest absolute Gasteiger partial charge is 0.303 e. The predicted molar refractivity (Wildman–Crippen MR) is 69.9 cm³/mol. The Morgan fingerprint density at radius 1 is 1.28 bits per heavy atom. The first-order valence-corrected chi connectivity index (χ1v) is 5.88. The maximum absolute atomic E-state index is 11.6. The number of amides is 1. The lowest BCUT2D eigenvalue weighted by molar-refractivity contribution is -0.137. The van der Waals surface area contributed by atoms with Gasteiger partial charge in [0.2, 0.25) is 5.91 Å². The molecule has 1 aromatic carbocycles. The largest absolute Gasteiger partial charge is 0.481 e. The highest BCUT2D eigenvalue weighted by Gasteiger charge is 2.15. The van der Waals surface area contributed by atoms with E-state index in [0.717, 1.165) is 0 Å². The molecular formula is C11H12Cl2N2O3. The van der Waals surface area contributed by atoms with Gasteiger partial charge in [0.25, 0.3) is 0 Å². The summed E-state index contributed by atoms with van der Waals surface area (Å²) < 4.78 is 0. The Balaban J connectivity index is 2.60. The summed E-state index contributed by atoms with van der Waals surface area (Å²) in [5, 5.41) is 11.8. The number of anilines is 1. The van der Waals surface area contributed by atoms with Crippen LogP contribution in [0.3, 0.4) is 0 Å². The van der Waals surface area contributed by atoms with Gasteiger partial charge in [0.1, 0.15) is 0 Å². The highest BCUT2D eigenvalue weighted by atomic mass is 35.5. The molecule has 0 fully saturated rings. The Labute approximate surface area is 114 Å². The topological polar surface area (TPSA) is 92.4 Å². The van der Waals surface area contributed by atoms with Crippen molar-refractivity contribution in [1.82, 2.24) is 0 Å². The Bertz CT molecular complexity index is 445. The van der Waals surface area contributed by atoms with Crippen LogP contribution in [0.2, 0.25) is 10.0 Å². The standard InChI is InChI=1S/C11H12Cl2N2O3/c12-6-3-7(13)5-8(4-6)15-11(18)9(14)1-2-10(16)17/h3-5,9H,1-2,14H2,(H,15,18)(H,16,17). The van der Waals surface area contributed by atoms with Crippen LogP contribution in [0.4, 0.5) is 5.69 Å². The van der Waals surface area contributed by atoms with Gasteiger partial charge in [0.05, 0.1) is 6.04 Å². The van der Waals surface area contributed by atoms with Crippen molar-refractivity contribution in [1.29, 1.82) is 0 Å². The fourth-order valence-electron chi connectivity index (χ4n) is 1.27. The van der Waals surface area contributed by atoms with E-state index in [9.17, 15) is 9.59 Å². The van der Waals surface area contributed by atoms with Crippen LogP contribution in [-0.4, -0.2) is 23.0 Å². The normalized spacial score (nSPS) is 11.9. The first-order valence-electron chi connectivity index (χ1n) is 5.13. The van der Waals surface area contributed by atoms with E-state index in [4.69, 9.17) is 34.0 Å². The van der Waals surface area contributed by atoms with Crippen LogP contribution in [0.1, 0.15) is 12.8 Å². The molecule has 1 rings (SSSR count). The number of hydrogen-bond acceptors (Lipinski definition) is 3. The van der Waals surface area contributed by atoms with Crippen LogP contribution in [0.25, 0.3) is 0 Å². The third kappa shape index (κ3) is 4.91. The second kappa shape index (κ2) is 6.58. The van der Waals surface area contributed by atoms with Gasteiger partial charge in [0, 0.05) is 22.2 Å². The van der Waals surface area contributed by atoms with Crippen molar-refractivity contribution < 1.29 is 14.7 Å². The van der Waals surface area contributed by atoms with Crippen molar-refractivity contribution in [3.8, 4) is 0 Å². The molecule has 0 aliphatic heterocycles. The van der Waals surface area contributed by atoms with Crippen molar-refractivity contribution in [3.05, 3.63) is 28.2 Å². The highest BCUT2D eigenvalue weighted by Crippen LogP contribution is 2.22. The summed E-state index contributed by atoms with van der Waals surface area (Å²) in [6.07, 6.45) is -0.0969. The molecule has 0 aliphatic rings. The monoisotopic (exact) mass is 290 g/mol. The summed E-state index contributed by atoms with van der Waals surface area (Å²) in [5.74, 6) is -1.47. The minimum absolute atomic E-state index is 0.0649. The van der Waals surface area contributed by atoms with Crippen molar-refractivity contribution in [2.24, 2.45) is 5.73 Å². The number of carbonyl (C=O) groups is 2. The Kier molecular flexibility index (Phi) is 5.40. The number of rotatable bonds is 5. The van der Waals surface area contributed by atoms with E-state index < -0.39 is 17.9 Å². The first kappa shape index (κ1) is 14.8. The summed E-state index contributed by atoms with van der Waals surface area (Å²) in [6, 6.07) is 3.69. The van der Waals surface area contributed by atoms with Gasteiger partial charge in [-0.15, -0.1) is 0 Å². The molecule has 1 atom stereocenters. The minimum Gasteiger partial charge on any atom is -0.481 e. The summed E-state index contributed by atoms with van der Waals surface area (Å²) in [6.45, 7) is 0. The van der Waals surface area contributed by atoms with Gasteiger partial charge in [-0.05, 0) is 24.6 Å². The molecule has 0 bridgehead atoms. The predicted octanol–water partition coefficient (Wildman–Crippen LogP) is 2.12. The fourth-order valence-corrected chi connectivity index (χ4v) is 1.80. The van der Waals surface area contributed by atoms with E-state index >= 15 is 0 Å². The zero-order chi connectivity index (χ0) is 13.7. The molecule has 7 heteroatoms. The molecule has 0 aromatic heterocycles. The van der Waals surface area contributed by atoms with E-state index in [-0.39, 0.29) is 12.8 Å². The average molecular weight is 291 g/mol. The Morgan fingerprint density at radius 2 is 1.83 bits per heavy atom. The molecule has 98 valence electrons. The minimum atomic E-state index is -0.996. The molecule has 0 saturated carbocycles. The number of carboxylic acid groups (broad SMARTS) is 1. The lowest BCUT2D eigenvalue weighted by Crippen LogP contribution is -2.36. The van der Waals surface area contributed by atoms with Crippen molar-refractivity contribution >= 4 is 40.8 Å². The van der Waals surface area contributed by atoms with Gasteiger partial charge in [-0.2, -0.15) is 0 Å². The van der Waals surface area contributed by atoms with Crippen molar-refractivity contribution in [2.75, 3.05) is 5.32 Å². The van der Waals surface area contributed by atoms with E-state index in [1.165, 1.54) is 18.2 Å². The van der Waals surface area contributed by atoms with Gasteiger partial charge in [-0.1, -0.05) is 23.2 Å². The third-order valence-corrected chi connectivity index (χ3v) is 2.57. The molecule has 1 amide bonds. The molecule has 5 nitrogen and oxygen atoms in total. The lowest BCUT2D eigenvalue weighted by atomic mass is 10.1. The third-order valence-electron chi connectivity index (χ3n) is 2.14. The van der Waals surface area contributed by atoms with Crippen LogP contribution in [-0.2, 0) is 9.59 Å². The van der Waals surface area contributed by atoms with E-state index in [1.54, 1.807) is 0 Å². The maximum Gasteiger partial charge on any atom is 0.303 e. The number of carbonyl (C=O) groups excluding carboxylic acids is 1. The molecule has 0 saturated heterocycles. The fraction of sp³-hybridized carbons (Fsp3) is 0.273. The number of nitrogens with two attached hydrogens (primary N) is 1. The summed E-state index contributed by atoms with van der Waals surface area (Å²) in [7, 11) is 0. The second-order valence-electron chi connectivity index (χ2n) is 3.69. The van der Waals surface area contributed by atoms with Gasteiger partial charge in [-0.3, -0.25) is 9.59 Å². The molecule has 0 aliphatic carbocycles. The number of carboxylic acids is 1. The molecule has 0 spiro atoms. The van der Waals surface area contributed by atoms with E-state index in [0.29, 0.717) is 15.7 Å². The molecule has 0 radical (unpaired) electrons. The number of nitrogens with one attached hydrogen (secondary N) is 1. The van der Waals surface area contributed by atoms with Crippen molar-refractivity contribution in [3.63, 3.8) is 0 Å². The van der Waals surface area contributed by atoms with Gasteiger partial charge in [-0.25, -0.2) is 0 Å². The number of hydrogen-bond donors (Lipinski definition) is 3. The molecule has 18 heavy (non-hydrogen) atoms. The zero-order valence-corrected chi connectivity index (χ0v) is 10.8. The lowest BCUT2D eigenvalue weighted by Gasteiger charge is -2.11. The summed E-state index contributed by atoms with van der Waals surface area (Å²) in [5.41, 5.74) is 5.97. The molecule has 1 unspecified atom stereocenters. The van der Waals surface area contributed by atoms with Gasteiger partial charge >= 0.3 is 5.97 Å². The SMILES string of the molecule is NC(CCC(=O)O)C(=O)Nc1cc(Cl)cc(Cl)c1. The Morgan fingerprint density at radius 3 is 2.33 bits per heavy atom. The van der Waals surface area contributed by atoms with Crippen LogP contribution in [0.15, 0.2) is 18.2 Å². The summed E-state index contributed by atoms with van der Waals surface area (Å²) in [4.78, 5) is 22.0. The van der Waals surface area contributed by atoms with E-state index in [1.807, 2.05) is 0 Å². The van der Waals surface area contributed by atoms with Crippen LogP contribution < -0.4 is 11.1 Å². The van der Waals surface area contributed by atoms with Gasteiger partial charge < -0.3 is 16.2 Å². The number of halogens is 2. The molecule has 4 N–H and O–H groups in total. The van der Waals surface area contributed by atoms with Crippen molar-refractivity contribution in [2.45, 2.75) is 18.9 Å². The summed E-state index contributed by atoms with van der Waals surface area (Å²) >= 11 is 11.5. The number of benzene rings is 1. The number of aliphatic carboxylic acids is 1. The molecule has 0 heterocycles. The Hall–Kier alpha value is -1.30. The zero-order valence-electron chi connectivity index (χ0n) is 9.32. The quantitative estimate of drug-likeness (QED) is 0.774. The van der Waals surface area contributed by atoms with Gasteiger partial charge in [0.15, 0.2) is 0 Å². The molecular weight excluding hydrogens is 279 g/mol. The van der Waals surface area contributed by atoms with E-state index in [2.05, 4.69) is 5.32 Å². The van der Waals surface area contributed by atoms with Crippen LogP contribution in [0.5, 0.6) is 0 Å². The first-order chi connectivity index (χ1) is 8.38. The highest BCUT2D eigenvalue weighted by molar-refractivity contribution is 6.35. The second-order valence-corrected chi connectivity index (χ2v) is 4.56. The van der Waals surface area contributed by atoms with Crippen LogP contribution >= 0.6 is 23.2 Å². The molecule has 1 aromatic rings. The maximum atomic E-state index is 11.6.